The minimum absolute atomic E-state index is 0.0549. The van der Waals surface area contributed by atoms with Crippen LogP contribution in [-0.4, -0.2) is 11.7 Å². The Morgan fingerprint density at radius 3 is 2.68 bits per heavy atom. The van der Waals surface area contributed by atoms with Gasteiger partial charge in [-0.2, -0.15) is 0 Å². The number of rotatable bonds is 6. The quantitative estimate of drug-likeness (QED) is 0.701. The van der Waals surface area contributed by atoms with Gasteiger partial charge in [0.1, 0.15) is 28.6 Å². The van der Waals surface area contributed by atoms with Gasteiger partial charge < -0.3 is 14.8 Å². The smallest absolute Gasteiger partial charge is 0.137 e. The zero-order valence-electron chi connectivity index (χ0n) is 14.3. The van der Waals surface area contributed by atoms with Gasteiger partial charge in [0.15, 0.2) is 0 Å². The summed E-state index contributed by atoms with van der Waals surface area (Å²) < 4.78 is 32.8. The van der Waals surface area contributed by atoms with Gasteiger partial charge in [-0.3, -0.25) is 0 Å². The van der Waals surface area contributed by atoms with Crippen molar-refractivity contribution in [2.24, 2.45) is 0 Å². The van der Waals surface area contributed by atoms with E-state index in [0.29, 0.717) is 6.54 Å². The van der Waals surface area contributed by atoms with Gasteiger partial charge in [0.25, 0.3) is 0 Å². The van der Waals surface area contributed by atoms with Crippen LogP contribution in [0.2, 0.25) is 0 Å². The van der Waals surface area contributed by atoms with E-state index in [4.69, 9.17) is 4.42 Å². The van der Waals surface area contributed by atoms with Gasteiger partial charge in [0, 0.05) is 23.6 Å². The second kappa shape index (κ2) is 6.94. The van der Waals surface area contributed by atoms with E-state index in [2.05, 4.69) is 12.2 Å². The predicted octanol–water partition coefficient (Wildman–Crippen LogP) is 4.27. The van der Waals surface area contributed by atoms with E-state index in [1.807, 2.05) is 24.3 Å². The molecule has 5 heteroatoms. The highest BCUT2D eigenvalue weighted by atomic mass is 19.1. The Bertz CT molecular complexity index is 887. The minimum atomic E-state index is -1.46. The first kappa shape index (κ1) is 17.6. The standard InChI is InChI=1S/C20H21F2NO2/c1-3-13-5-4-6-14-9-16(25-19(13)14)11-23-12-20(2,24)17-8-7-15(21)10-18(17)22/h4-10,23-24H,3,11-12H2,1-2H3. The van der Waals surface area contributed by atoms with Crippen LogP contribution < -0.4 is 5.32 Å². The number of halogens is 2. The number of hydrogen-bond acceptors (Lipinski definition) is 3. The Labute approximate surface area is 145 Å². The summed E-state index contributed by atoms with van der Waals surface area (Å²) in [5.74, 6) is -0.687. The summed E-state index contributed by atoms with van der Waals surface area (Å²) in [6.45, 7) is 4.07. The first-order valence-corrected chi connectivity index (χ1v) is 8.29. The van der Waals surface area contributed by atoms with Gasteiger partial charge in [0.05, 0.1) is 6.54 Å². The number of para-hydroxylation sites is 1. The molecule has 0 radical (unpaired) electrons. The van der Waals surface area contributed by atoms with Gasteiger partial charge in [0.2, 0.25) is 0 Å². The molecule has 0 bridgehead atoms. The van der Waals surface area contributed by atoms with Crippen molar-refractivity contribution >= 4 is 11.0 Å². The van der Waals surface area contributed by atoms with E-state index in [1.54, 1.807) is 0 Å². The average molecular weight is 345 g/mol. The Morgan fingerprint density at radius 1 is 1.16 bits per heavy atom. The summed E-state index contributed by atoms with van der Waals surface area (Å²) in [6, 6.07) is 11.1. The lowest BCUT2D eigenvalue weighted by Gasteiger charge is -2.24. The van der Waals surface area contributed by atoms with E-state index in [0.717, 1.165) is 40.8 Å². The zero-order valence-corrected chi connectivity index (χ0v) is 14.3. The summed E-state index contributed by atoms with van der Waals surface area (Å²) in [5.41, 5.74) is 0.611. The molecular formula is C20H21F2NO2. The molecule has 25 heavy (non-hydrogen) atoms. The highest BCUT2D eigenvalue weighted by Gasteiger charge is 2.26. The number of aryl methyl sites for hydroxylation is 1. The molecule has 1 atom stereocenters. The van der Waals surface area contributed by atoms with Crippen molar-refractivity contribution in [3.05, 3.63) is 71.0 Å². The number of nitrogens with one attached hydrogen (secondary N) is 1. The van der Waals surface area contributed by atoms with Crippen LogP contribution >= 0.6 is 0 Å². The van der Waals surface area contributed by atoms with Crippen molar-refractivity contribution in [3.63, 3.8) is 0 Å². The fourth-order valence-corrected chi connectivity index (χ4v) is 2.99. The van der Waals surface area contributed by atoms with E-state index >= 15 is 0 Å². The molecule has 1 unspecified atom stereocenters. The van der Waals surface area contributed by atoms with Gasteiger partial charge >= 0.3 is 0 Å². The number of benzene rings is 2. The summed E-state index contributed by atoms with van der Waals surface area (Å²) in [4.78, 5) is 0. The molecule has 0 fully saturated rings. The van der Waals surface area contributed by atoms with E-state index < -0.39 is 17.2 Å². The third kappa shape index (κ3) is 3.72. The van der Waals surface area contributed by atoms with Crippen LogP contribution in [0.3, 0.4) is 0 Å². The second-order valence-corrected chi connectivity index (χ2v) is 6.40. The Morgan fingerprint density at radius 2 is 1.96 bits per heavy atom. The molecule has 0 aliphatic rings. The maximum atomic E-state index is 13.9. The van der Waals surface area contributed by atoms with Crippen molar-refractivity contribution < 1.29 is 18.3 Å². The molecule has 3 rings (SSSR count). The Hall–Kier alpha value is -2.24. The Balaban J connectivity index is 1.69. The molecular weight excluding hydrogens is 324 g/mol. The van der Waals surface area contributed by atoms with Crippen molar-refractivity contribution in [2.45, 2.75) is 32.4 Å². The van der Waals surface area contributed by atoms with E-state index in [1.165, 1.54) is 13.0 Å². The van der Waals surface area contributed by atoms with Crippen LogP contribution in [0.4, 0.5) is 8.78 Å². The van der Waals surface area contributed by atoms with Crippen LogP contribution in [0.15, 0.2) is 46.9 Å². The summed E-state index contributed by atoms with van der Waals surface area (Å²) in [6.07, 6.45) is 0.885. The lowest BCUT2D eigenvalue weighted by molar-refractivity contribution is 0.0524. The number of hydrogen-bond donors (Lipinski definition) is 2. The SMILES string of the molecule is CCc1cccc2cc(CNCC(C)(O)c3ccc(F)cc3F)oc12. The maximum absolute atomic E-state index is 13.9. The third-order valence-corrected chi connectivity index (χ3v) is 4.34. The molecule has 1 aromatic heterocycles. The molecule has 1 heterocycles. The molecule has 0 spiro atoms. The normalized spacial score (nSPS) is 14.0. The highest BCUT2D eigenvalue weighted by Crippen LogP contribution is 2.25. The van der Waals surface area contributed by atoms with Gasteiger partial charge in [-0.15, -0.1) is 0 Å². The molecule has 2 N–H and O–H groups in total. The van der Waals surface area contributed by atoms with E-state index in [9.17, 15) is 13.9 Å². The summed E-state index contributed by atoms with van der Waals surface area (Å²) in [7, 11) is 0. The van der Waals surface area contributed by atoms with Crippen molar-refractivity contribution in [1.29, 1.82) is 0 Å². The first-order valence-electron chi connectivity index (χ1n) is 8.29. The van der Waals surface area contributed by atoms with Crippen molar-refractivity contribution in [3.8, 4) is 0 Å². The van der Waals surface area contributed by atoms with Crippen LogP contribution in [0, 0.1) is 11.6 Å². The maximum Gasteiger partial charge on any atom is 0.137 e. The van der Waals surface area contributed by atoms with Crippen LogP contribution in [0.5, 0.6) is 0 Å². The topological polar surface area (TPSA) is 45.4 Å². The fraction of sp³-hybridized carbons (Fsp3) is 0.300. The average Bonchev–Trinajstić information content (AvgIpc) is 2.96. The lowest BCUT2D eigenvalue weighted by atomic mass is 9.95. The molecule has 0 saturated carbocycles. The summed E-state index contributed by atoms with van der Waals surface area (Å²) in [5, 5.41) is 14.6. The molecule has 3 aromatic rings. The Kier molecular flexibility index (Phi) is 4.88. The highest BCUT2D eigenvalue weighted by molar-refractivity contribution is 5.81. The monoisotopic (exact) mass is 345 g/mol. The molecule has 0 aliphatic carbocycles. The van der Waals surface area contributed by atoms with Gasteiger partial charge in [-0.05, 0) is 31.0 Å². The third-order valence-electron chi connectivity index (χ3n) is 4.34. The molecule has 3 nitrogen and oxygen atoms in total. The molecule has 2 aromatic carbocycles. The molecule has 0 amide bonds. The number of aliphatic hydroxyl groups is 1. The summed E-state index contributed by atoms with van der Waals surface area (Å²) >= 11 is 0. The van der Waals surface area contributed by atoms with Crippen molar-refractivity contribution in [2.75, 3.05) is 6.54 Å². The van der Waals surface area contributed by atoms with E-state index in [-0.39, 0.29) is 12.1 Å². The lowest BCUT2D eigenvalue weighted by Crippen LogP contribution is -2.35. The molecule has 0 aliphatic heterocycles. The largest absolute Gasteiger partial charge is 0.459 e. The van der Waals surface area contributed by atoms with Crippen molar-refractivity contribution in [1.82, 2.24) is 5.32 Å². The van der Waals surface area contributed by atoms with Gasteiger partial charge in [-0.25, -0.2) is 8.78 Å². The minimum Gasteiger partial charge on any atom is -0.459 e. The molecule has 0 saturated heterocycles. The van der Waals surface area contributed by atoms with Crippen LogP contribution in [-0.2, 0) is 18.6 Å². The second-order valence-electron chi connectivity index (χ2n) is 6.40. The van der Waals surface area contributed by atoms with Crippen LogP contribution in [0.25, 0.3) is 11.0 Å². The number of fused-ring (bicyclic) bond motifs is 1. The predicted molar refractivity (Wildman–Crippen MR) is 93.2 cm³/mol. The van der Waals surface area contributed by atoms with Gasteiger partial charge in [-0.1, -0.05) is 31.2 Å². The van der Waals surface area contributed by atoms with Crippen LogP contribution in [0.1, 0.15) is 30.7 Å². The fourth-order valence-electron chi connectivity index (χ4n) is 2.99. The first-order chi connectivity index (χ1) is 11.9. The zero-order chi connectivity index (χ0) is 18.0. The molecule has 132 valence electrons. The number of furan rings is 1.